The monoisotopic (exact) mass is 390 g/mol. The summed E-state index contributed by atoms with van der Waals surface area (Å²) < 4.78 is 23.8. The number of carbonyl (C=O) groups is 3. The number of anilines is 1. The van der Waals surface area contributed by atoms with Crippen LogP contribution < -0.4 is 16.3 Å². The number of nitrogens with zero attached hydrogens (tertiary/aromatic N) is 3. The minimum absolute atomic E-state index is 0.0305. The van der Waals surface area contributed by atoms with Crippen molar-refractivity contribution in [2.24, 2.45) is 5.92 Å². The molecule has 0 bridgehead atoms. The summed E-state index contributed by atoms with van der Waals surface area (Å²) in [5, 5.41) is 0.575. The van der Waals surface area contributed by atoms with Crippen LogP contribution in [0.5, 0.6) is 0 Å². The normalized spacial score (nSPS) is 16.4. The number of benzene rings is 1. The average Bonchev–Trinajstić information content (AvgIpc) is 2.84. The van der Waals surface area contributed by atoms with Gasteiger partial charge < -0.3 is 0 Å². The maximum absolute atomic E-state index is 11.9. The number of imide groups is 1. The van der Waals surface area contributed by atoms with Crippen LogP contribution in [0.25, 0.3) is 9.69 Å². The Morgan fingerprint density at radius 1 is 1.22 bits per heavy atom. The van der Waals surface area contributed by atoms with Gasteiger partial charge >= 0.3 is 6.03 Å². The summed E-state index contributed by atoms with van der Waals surface area (Å²) in [6, 6.07) is 1.13. The van der Waals surface area contributed by atoms with Crippen LogP contribution in [0.2, 0.25) is 0 Å². The van der Waals surface area contributed by atoms with Crippen molar-refractivity contribution in [1.82, 2.24) is 15.9 Å². The van der Waals surface area contributed by atoms with Crippen molar-refractivity contribution in [3.05, 3.63) is 35.0 Å². The van der Waals surface area contributed by atoms with Gasteiger partial charge in [0.1, 0.15) is 0 Å². The molecule has 1 aromatic rings. The van der Waals surface area contributed by atoms with Gasteiger partial charge in [-0.2, -0.15) is 5.01 Å². The van der Waals surface area contributed by atoms with Crippen molar-refractivity contribution in [3.8, 4) is 0 Å². The summed E-state index contributed by atoms with van der Waals surface area (Å²) >= 11 is 0. The predicted molar refractivity (Wildman–Crippen MR) is 93.0 cm³/mol. The summed E-state index contributed by atoms with van der Waals surface area (Å²) in [5.41, 5.74) is 6.07. The largest absolute Gasteiger partial charge is 0.352 e. The molecule has 0 aliphatic carbocycles. The number of amides is 4. The summed E-state index contributed by atoms with van der Waals surface area (Å²) in [7, 11) is -3.79. The number of nitrogens with one attached hydrogen (secondary N) is 3. The van der Waals surface area contributed by atoms with Crippen LogP contribution in [-0.4, -0.2) is 37.5 Å². The lowest BCUT2D eigenvalue weighted by Crippen LogP contribution is -2.51. The van der Waals surface area contributed by atoms with Crippen molar-refractivity contribution >= 4 is 44.7 Å². The number of hydrazine groups is 2. The first-order chi connectivity index (χ1) is 12.6. The molecule has 2 rings (SSSR count). The molecule has 11 nitrogen and oxygen atoms in total. The molecular formula is C15H14N6O5S. The Labute approximate surface area is 154 Å². The van der Waals surface area contributed by atoms with E-state index in [0.29, 0.717) is 5.01 Å². The summed E-state index contributed by atoms with van der Waals surface area (Å²) in [6.45, 7) is 15.6. The Balaban J connectivity index is 2.21. The lowest BCUT2D eigenvalue weighted by Gasteiger charge is -2.18. The summed E-state index contributed by atoms with van der Waals surface area (Å²) in [6.07, 6.45) is 0.874. The van der Waals surface area contributed by atoms with Gasteiger partial charge in [-0.3, -0.25) is 30.1 Å². The van der Waals surface area contributed by atoms with Crippen LogP contribution in [0, 0.1) is 19.1 Å². The predicted octanol–water partition coefficient (Wildman–Crippen LogP) is 1.13. The second kappa shape index (κ2) is 7.31. The van der Waals surface area contributed by atoms with Crippen LogP contribution in [0.3, 0.4) is 0 Å². The van der Waals surface area contributed by atoms with Crippen LogP contribution in [-0.2, 0) is 19.4 Å². The van der Waals surface area contributed by atoms with Crippen molar-refractivity contribution < 1.29 is 22.8 Å². The first-order valence-corrected chi connectivity index (χ1v) is 9.30. The molecule has 1 heterocycles. The third-order valence-corrected chi connectivity index (χ3v) is 4.75. The first-order valence-electron chi connectivity index (χ1n) is 7.41. The molecule has 1 unspecified atom stereocenters. The smallest absolute Gasteiger partial charge is 0.297 e. The van der Waals surface area contributed by atoms with Gasteiger partial charge in [0.25, 0.3) is 5.91 Å². The lowest BCUT2D eigenvalue weighted by atomic mass is 10.1. The fourth-order valence-corrected chi connectivity index (χ4v) is 3.13. The molecule has 1 saturated heterocycles. The molecule has 0 radical (unpaired) electrons. The number of hydrogen-bond donors (Lipinski definition) is 3. The van der Waals surface area contributed by atoms with Crippen molar-refractivity contribution in [3.63, 3.8) is 0 Å². The zero-order chi connectivity index (χ0) is 20.4. The standard InChI is InChI=1S/C15H14N6O5S/c1-8-5-13(22)21(14(8)23)20-15(24)19-18-11-6-9(16-2)10(17-3)7-12(11)27(4,25)26/h6-8,18H,5H2,1,4H3,(H2,19,20,24). The van der Waals surface area contributed by atoms with Crippen LogP contribution in [0.1, 0.15) is 13.3 Å². The van der Waals surface area contributed by atoms with Gasteiger partial charge in [-0.25, -0.2) is 18.6 Å². The second-order valence-electron chi connectivity index (χ2n) is 5.70. The van der Waals surface area contributed by atoms with Crippen molar-refractivity contribution in [1.29, 1.82) is 0 Å². The second-order valence-corrected chi connectivity index (χ2v) is 7.68. The van der Waals surface area contributed by atoms with Gasteiger partial charge in [0.05, 0.1) is 23.7 Å². The molecular weight excluding hydrogens is 376 g/mol. The van der Waals surface area contributed by atoms with Gasteiger partial charge in [-0.1, -0.05) is 6.92 Å². The minimum Gasteiger partial charge on any atom is -0.297 e. The van der Waals surface area contributed by atoms with E-state index in [1.807, 2.05) is 0 Å². The molecule has 140 valence electrons. The van der Waals surface area contributed by atoms with Crippen LogP contribution in [0.4, 0.5) is 21.9 Å². The molecule has 1 fully saturated rings. The highest BCUT2D eigenvalue weighted by atomic mass is 32.2. The van der Waals surface area contributed by atoms with E-state index in [0.717, 1.165) is 18.4 Å². The van der Waals surface area contributed by atoms with Crippen molar-refractivity contribution in [2.75, 3.05) is 11.7 Å². The lowest BCUT2D eigenvalue weighted by molar-refractivity contribution is -0.141. The van der Waals surface area contributed by atoms with Crippen LogP contribution in [0.15, 0.2) is 17.0 Å². The third kappa shape index (κ3) is 4.13. The molecule has 27 heavy (non-hydrogen) atoms. The molecule has 1 aliphatic rings. The number of urea groups is 1. The van der Waals surface area contributed by atoms with E-state index in [9.17, 15) is 22.8 Å². The van der Waals surface area contributed by atoms with Gasteiger partial charge in [0.2, 0.25) is 5.91 Å². The number of sulfone groups is 1. The highest BCUT2D eigenvalue weighted by molar-refractivity contribution is 7.90. The Morgan fingerprint density at radius 3 is 2.30 bits per heavy atom. The number of hydrogen-bond acceptors (Lipinski definition) is 6. The Kier molecular flexibility index (Phi) is 5.33. The molecule has 0 aromatic heterocycles. The summed E-state index contributed by atoms with van der Waals surface area (Å²) in [5.74, 6) is -1.69. The van der Waals surface area contributed by atoms with Gasteiger partial charge in [-0.05, 0) is 12.1 Å². The summed E-state index contributed by atoms with van der Waals surface area (Å²) in [4.78, 5) is 41.3. The minimum atomic E-state index is -3.79. The highest BCUT2D eigenvalue weighted by Gasteiger charge is 2.36. The molecule has 1 aliphatic heterocycles. The zero-order valence-corrected chi connectivity index (χ0v) is 15.0. The Bertz CT molecular complexity index is 1020. The number of carbonyl (C=O) groups excluding carboxylic acids is 3. The van der Waals surface area contributed by atoms with E-state index in [-0.39, 0.29) is 28.4 Å². The van der Waals surface area contributed by atoms with E-state index in [1.54, 1.807) is 6.92 Å². The zero-order valence-electron chi connectivity index (χ0n) is 14.2. The fourth-order valence-electron chi connectivity index (χ4n) is 2.30. The molecule has 3 N–H and O–H groups in total. The maximum Gasteiger partial charge on any atom is 0.352 e. The van der Waals surface area contributed by atoms with Crippen LogP contribution >= 0.6 is 0 Å². The maximum atomic E-state index is 11.9. The van der Waals surface area contributed by atoms with Crippen molar-refractivity contribution in [2.45, 2.75) is 18.2 Å². The van der Waals surface area contributed by atoms with E-state index < -0.39 is 33.6 Å². The van der Waals surface area contributed by atoms with Gasteiger partial charge in [0, 0.05) is 18.6 Å². The highest BCUT2D eigenvalue weighted by Crippen LogP contribution is 2.36. The molecule has 1 atom stereocenters. The molecule has 1 aromatic carbocycles. The fraction of sp³-hybridized carbons (Fsp3) is 0.267. The third-order valence-electron chi connectivity index (χ3n) is 3.61. The number of rotatable bonds is 4. The Morgan fingerprint density at radius 2 is 1.81 bits per heavy atom. The Hall–Kier alpha value is -3.64. The van der Waals surface area contributed by atoms with E-state index >= 15 is 0 Å². The topological polar surface area (TPSA) is 133 Å². The van der Waals surface area contributed by atoms with Gasteiger partial charge in [-0.15, -0.1) is 0 Å². The van der Waals surface area contributed by atoms with E-state index in [1.165, 1.54) is 0 Å². The quantitative estimate of drug-likeness (QED) is 0.401. The van der Waals surface area contributed by atoms with E-state index in [2.05, 4.69) is 26.0 Å². The molecule has 0 spiro atoms. The molecule has 4 amide bonds. The first kappa shape index (κ1) is 19.7. The average molecular weight is 390 g/mol. The van der Waals surface area contributed by atoms with E-state index in [4.69, 9.17) is 13.1 Å². The molecule has 0 saturated carbocycles. The molecule has 12 heteroatoms. The van der Waals surface area contributed by atoms with Gasteiger partial charge in [0.15, 0.2) is 21.2 Å². The SMILES string of the molecule is [C-]#[N+]c1cc(NNC(=O)NN2C(=O)CC(C)C2=O)c(S(C)(=O)=O)cc1[N+]#[C-].